The van der Waals surface area contributed by atoms with Crippen molar-refractivity contribution in [1.82, 2.24) is 0 Å². The molecule has 0 spiro atoms. The molecule has 0 unspecified atom stereocenters. The van der Waals surface area contributed by atoms with Crippen molar-refractivity contribution in [3.05, 3.63) is 35.9 Å². The normalized spacial score (nSPS) is 22.2. The van der Waals surface area contributed by atoms with Gasteiger partial charge in [-0.15, -0.1) is 0 Å². The maximum absolute atomic E-state index is 12.6. The fraction of sp³-hybridized carbons (Fsp3) is 0.500. The molecule has 1 aromatic carbocycles. The van der Waals surface area contributed by atoms with Gasteiger partial charge in [0.05, 0.1) is 13.0 Å². The van der Waals surface area contributed by atoms with E-state index in [-0.39, 0.29) is 22.9 Å². The summed E-state index contributed by atoms with van der Waals surface area (Å²) in [6.07, 6.45) is 2.24. The number of rotatable bonds is 5. The Morgan fingerprint density at radius 2 is 2.05 bits per heavy atom. The second-order valence-corrected chi connectivity index (χ2v) is 6.24. The molecule has 1 saturated heterocycles. The van der Waals surface area contributed by atoms with E-state index in [0.29, 0.717) is 13.0 Å². The Labute approximate surface area is 124 Å². The fourth-order valence-corrected chi connectivity index (χ4v) is 3.92. The third-order valence-electron chi connectivity index (χ3n) is 3.51. The highest BCUT2D eigenvalue weighted by Gasteiger charge is 2.33. The lowest BCUT2D eigenvalue weighted by molar-refractivity contribution is -0.143. The Hall–Kier alpha value is -1.29. The highest BCUT2D eigenvalue weighted by molar-refractivity contribution is 8.00. The predicted molar refractivity (Wildman–Crippen MR) is 81.0 cm³/mol. The summed E-state index contributed by atoms with van der Waals surface area (Å²) in [5.41, 5.74) is 0.744. The fourth-order valence-electron chi connectivity index (χ4n) is 2.54. The van der Waals surface area contributed by atoms with E-state index in [1.54, 1.807) is 18.7 Å². The number of benzene rings is 1. The van der Waals surface area contributed by atoms with E-state index in [2.05, 4.69) is 0 Å². The first-order valence-corrected chi connectivity index (χ1v) is 8.13. The van der Waals surface area contributed by atoms with Gasteiger partial charge in [-0.25, -0.2) is 0 Å². The van der Waals surface area contributed by atoms with Gasteiger partial charge in [0.1, 0.15) is 0 Å². The van der Waals surface area contributed by atoms with Crippen LogP contribution in [0, 0.1) is 5.92 Å². The third kappa shape index (κ3) is 3.85. The van der Waals surface area contributed by atoms with Gasteiger partial charge >= 0.3 is 5.97 Å². The third-order valence-corrected chi connectivity index (χ3v) is 4.96. The van der Waals surface area contributed by atoms with Crippen LogP contribution in [0.5, 0.6) is 0 Å². The molecule has 1 heterocycles. The molecule has 1 aliphatic heterocycles. The Morgan fingerprint density at radius 1 is 1.30 bits per heavy atom. The van der Waals surface area contributed by atoms with Crippen LogP contribution in [-0.4, -0.2) is 29.4 Å². The summed E-state index contributed by atoms with van der Waals surface area (Å²) in [7, 11) is 0. The van der Waals surface area contributed by atoms with Crippen molar-refractivity contribution < 1.29 is 14.3 Å². The second kappa shape index (κ2) is 7.48. The molecule has 2 atom stereocenters. The van der Waals surface area contributed by atoms with Crippen LogP contribution in [-0.2, 0) is 9.53 Å². The summed E-state index contributed by atoms with van der Waals surface area (Å²) >= 11 is 1.73. The van der Waals surface area contributed by atoms with Gasteiger partial charge in [0.25, 0.3) is 0 Å². The lowest BCUT2D eigenvalue weighted by Crippen LogP contribution is -2.32. The molecule has 0 aromatic heterocycles. The van der Waals surface area contributed by atoms with Crippen molar-refractivity contribution in [3.8, 4) is 0 Å². The summed E-state index contributed by atoms with van der Waals surface area (Å²) in [4.78, 5) is 24.3. The summed E-state index contributed by atoms with van der Waals surface area (Å²) in [5.74, 6) is 0.910. The molecule has 108 valence electrons. The van der Waals surface area contributed by atoms with Crippen LogP contribution in [0.15, 0.2) is 30.3 Å². The van der Waals surface area contributed by atoms with Gasteiger partial charge in [0.2, 0.25) is 0 Å². The van der Waals surface area contributed by atoms with E-state index in [1.807, 2.05) is 30.3 Å². The molecule has 0 N–H and O–H groups in total. The molecule has 1 fully saturated rings. The Bertz CT molecular complexity index is 458. The molecule has 3 nitrogen and oxygen atoms in total. The molecule has 0 saturated carbocycles. The van der Waals surface area contributed by atoms with Crippen molar-refractivity contribution in [2.75, 3.05) is 12.4 Å². The van der Waals surface area contributed by atoms with Crippen LogP contribution < -0.4 is 0 Å². The van der Waals surface area contributed by atoms with E-state index >= 15 is 0 Å². The maximum Gasteiger partial charge on any atom is 0.306 e. The van der Waals surface area contributed by atoms with E-state index < -0.39 is 0 Å². The molecule has 0 amide bonds. The van der Waals surface area contributed by atoms with Crippen molar-refractivity contribution in [3.63, 3.8) is 0 Å². The SMILES string of the molecule is CCOC(=O)C[C@@H]1SCCC[C@H]1C(=O)c1ccccc1. The zero-order chi connectivity index (χ0) is 14.4. The van der Waals surface area contributed by atoms with Crippen molar-refractivity contribution in [2.45, 2.75) is 31.4 Å². The van der Waals surface area contributed by atoms with Gasteiger partial charge in [-0.3, -0.25) is 9.59 Å². The van der Waals surface area contributed by atoms with E-state index in [1.165, 1.54) is 0 Å². The van der Waals surface area contributed by atoms with Crippen molar-refractivity contribution in [2.24, 2.45) is 5.92 Å². The molecule has 0 bridgehead atoms. The largest absolute Gasteiger partial charge is 0.466 e. The Kier molecular flexibility index (Phi) is 5.65. The summed E-state index contributed by atoms with van der Waals surface area (Å²) in [6, 6.07) is 9.36. The predicted octanol–water partition coefficient (Wildman–Crippen LogP) is 3.33. The van der Waals surface area contributed by atoms with Crippen LogP contribution in [0.2, 0.25) is 0 Å². The first-order valence-electron chi connectivity index (χ1n) is 7.09. The number of carbonyl (C=O) groups is 2. The molecule has 2 rings (SSSR count). The molecular weight excluding hydrogens is 272 g/mol. The minimum absolute atomic E-state index is 0.0514. The van der Waals surface area contributed by atoms with Gasteiger partial charge in [0, 0.05) is 16.7 Å². The number of ketones is 1. The standard InChI is InChI=1S/C16H20O3S/c1-2-19-15(17)11-14-13(9-6-10-20-14)16(18)12-7-4-3-5-8-12/h3-5,7-8,13-14H,2,6,9-11H2,1H3/t13-,14+/m1/s1. The lowest BCUT2D eigenvalue weighted by Gasteiger charge is -2.29. The lowest BCUT2D eigenvalue weighted by atomic mass is 9.88. The Balaban J connectivity index is 2.06. The number of Topliss-reactive ketones (excluding diaryl/α,β-unsaturated/α-hetero) is 1. The van der Waals surface area contributed by atoms with Crippen LogP contribution >= 0.6 is 11.8 Å². The van der Waals surface area contributed by atoms with Crippen molar-refractivity contribution >= 4 is 23.5 Å². The quantitative estimate of drug-likeness (QED) is 0.617. The van der Waals surface area contributed by atoms with E-state index in [9.17, 15) is 9.59 Å². The zero-order valence-electron chi connectivity index (χ0n) is 11.7. The number of ether oxygens (including phenoxy) is 1. The van der Waals surface area contributed by atoms with Gasteiger partial charge in [-0.2, -0.15) is 11.8 Å². The van der Waals surface area contributed by atoms with E-state index in [0.717, 1.165) is 24.2 Å². The Morgan fingerprint density at radius 3 is 2.75 bits per heavy atom. The van der Waals surface area contributed by atoms with Gasteiger partial charge in [-0.05, 0) is 25.5 Å². The van der Waals surface area contributed by atoms with Crippen LogP contribution in [0.1, 0.15) is 36.5 Å². The minimum atomic E-state index is -0.197. The number of hydrogen-bond acceptors (Lipinski definition) is 4. The second-order valence-electron chi connectivity index (χ2n) is 4.90. The number of carbonyl (C=O) groups excluding carboxylic acids is 2. The number of esters is 1. The molecule has 0 aliphatic carbocycles. The van der Waals surface area contributed by atoms with Crippen LogP contribution in [0.25, 0.3) is 0 Å². The number of thioether (sulfide) groups is 1. The first kappa shape index (κ1) is 15.1. The van der Waals surface area contributed by atoms with Gasteiger partial charge in [-0.1, -0.05) is 30.3 Å². The first-order chi connectivity index (χ1) is 9.72. The summed E-state index contributed by atoms with van der Waals surface area (Å²) in [5, 5.41) is 0.0514. The molecule has 20 heavy (non-hydrogen) atoms. The molecule has 1 aliphatic rings. The van der Waals surface area contributed by atoms with Gasteiger partial charge < -0.3 is 4.74 Å². The minimum Gasteiger partial charge on any atom is -0.466 e. The summed E-state index contributed by atoms with van der Waals surface area (Å²) < 4.78 is 5.01. The monoisotopic (exact) mass is 292 g/mol. The molecule has 4 heteroatoms. The molecular formula is C16H20O3S. The van der Waals surface area contributed by atoms with Crippen LogP contribution in [0.3, 0.4) is 0 Å². The average molecular weight is 292 g/mol. The van der Waals surface area contributed by atoms with E-state index in [4.69, 9.17) is 4.74 Å². The average Bonchev–Trinajstić information content (AvgIpc) is 2.48. The smallest absolute Gasteiger partial charge is 0.306 e. The molecule has 0 radical (unpaired) electrons. The highest BCUT2D eigenvalue weighted by Crippen LogP contribution is 2.35. The maximum atomic E-state index is 12.6. The van der Waals surface area contributed by atoms with Crippen LogP contribution in [0.4, 0.5) is 0 Å². The topological polar surface area (TPSA) is 43.4 Å². The summed E-state index contributed by atoms with van der Waals surface area (Å²) in [6.45, 7) is 2.20. The molecule has 1 aromatic rings. The number of hydrogen-bond donors (Lipinski definition) is 0. The van der Waals surface area contributed by atoms with Crippen molar-refractivity contribution in [1.29, 1.82) is 0 Å². The zero-order valence-corrected chi connectivity index (χ0v) is 12.5. The highest BCUT2D eigenvalue weighted by atomic mass is 32.2. The van der Waals surface area contributed by atoms with Gasteiger partial charge in [0.15, 0.2) is 5.78 Å².